The number of fused-ring (bicyclic) bond motifs is 3. The molecule has 0 aliphatic carbocycles. The summed E-state index contributed by atoms with van der Waals surface area (Å²) in [6.07, 6.45) is 0.268. The number of aliphatic hydroxyl groups is 1. The lowest BCUT2D eigenvalue weighted by Crippen LogP contribution is -2.35. The van der Waals surface area contributed by atoms with Gasteiger partial charge in [0, 0.05) is 30.4 Å². The summed E-state index contributed by atoms with van der Waals surface area (Å²) >= 11 is 0. The number of amides is 3. The molecule has 3 rings (SSSR count). The second-order valence-corrected chi connectivity index (χ2v) is 13.1. The molecule has 0 saturated carbocycles. The van der Waals surface area contributed by atoms with E-state index in [2.05, 4.69) is 20.9 Å². The van der Waals surface area contributed by atoms with Gasteiger partial charge < -0.3 is 44.6 Å². The molecule has 49 heavy (non-hydrogen) atoms. The third-order valence-electron chi connectivity index (χ3n) is 7.07. The van der Waals surface area contributed by atoms with Crippen molar-refractivity contribution in [3.8, 4) is 0 Å². The van der Waals surface area contributed by atoms with Crippen LogP contribution < -0.4 is 16.0 Å². The van der Waals surface area contributed by atoms with Crippen LogP contribution in [0.25, 0.3) is 21.9 Å². The van der Waals surface area contributed by atoms with Crippen molar-refractivity contribution < 1.29 is 43.2 Å². The minimum absolute atomic E-state index is 0.0738. The molecule has 0 unspecified atom stereocenters. The van der Waals surface area contributed by atoms with Crippen LogP contribution in [-0.4, -0.2) is 108 Å². The van der Waals surface area contributed by atoms with Crippen molar-refractivity contribution in [3.05, 3.63) is 30.1 Å². The maximum absolute atomic E-state index is 12.9. The monoisotopic (exact) mass is 686 g/mol. The molecule has 0 bridgehead atoms. The van der Waals surface area contributed by atoms with Crippen molar-refractivity contribution >= 4 is 51.3 Å². The number of ether oxygens (including phenoxy) is 4. The smallest absolute Gasteiger partial charge is 0.246 e. The average Bonchev–Trinajstić information content (AvgIpc) is 3.38. The standard InChI is InChI=1S/C34H50N6O9/c1-7-46-19-26-38-30-31(40(26)22-34(5,6)45)23-10-8-9-11-24(23)37-32(30)39-27(42)18-36-29(44)21-49-17-15-47-14-16-48-20-28(43)35-13-12-25(41)33(2,3)4/h8-11,45H,7,12-22H2,1-6H3,(H,35,43)(H,36,44)(H,37,39,42). The first-order chi connectivity index (χ1) is 23.2. The van der Waals surface area contributed by atoms with Gasteiger partial charge in [0.25, 0.3) is 0 Å². The number of aromatic nitrogens is 3. The molecule has 0 spiro atoms. The number of hydrogen-bond donors (Lipinski definition) is 4. The molecule has 0 atom stereocenters. The topological polar surface area (TPSA) is 192 Å². The summed E-state index contributed by atoms with van der Waals surface area (Å²) in [7, 11) is 0. The summed E-state index contributed by atoms with van der Waals surface area (Å²) in [6, 6.07) is 7.46. The Bertz CT molecular complexity index is 1580. The molecule has 15 heteroatoms. The van der Waals surface area contributed by atoms with Crippen LogP contribution in [-0.2, 0) is 51.3 Å². The van der Waals surface area contributed by atoms with Gasteiger partial charge in [0.15, 0.2) is 5.82 Å². The summed E-state index contributed by atoms with van der Waals surface area (Å²) in [4.78, 5) is 58.2. The van der Waals surface area contributed by atoms with Crippen molar-refractivity contribution in [2.45, 2.75) is 66.7 Å². The Hall–Kier alpha value is -4.02. The molecule has 0 fully saturated rings. The van der Waals surface area contributed by atoms with Gasteiger partial charge in [-0.3, -0.25) is 19.2 Å². The summed E-state index contributed by atoms with van der Waals surface area (Å²) in [6.45, 7) is 12.0. The average molecular weight is 687 g/mol. The number of ketones is 1. The highest BCUT2D eigenvalue weighted by molar-refractivity contribution is 6.10. The maximum atomic E-state index is 12.9. The zero-order valence-corrected chi connectivity index (χ0v) is 29.3. The highest BCUT2D eigenvalue weighted by Gasteiger charge is 2.24. The van der Waals surface area contributed by atoms with Crippen molar-refractivity contribution in [1.82, 2.24) is 25.2 Å². The van der Waals surface area contributed by atoms with Crippen molar-refractivity contribution in [3.63, 3.8) is 0 Å². The summed E-state index contributed by atoms with van der Waals surface area (Å²) in [5.74, 6) is -0.416. The highest BCUT2D eigenvalue weighted by Crippen LogP contribution is 2.31. The van der Waals surface area contributed by atoms with E-state index in [1.807, 2.05) is 56.5 Å². The number of para-hydroxylation sites is 1. The van der Waals surface area contributed by atoms with Crippen LogP contribution >= 0.6 is 0 Å². The number of imidazole rings is 1. The van der Waals surface area contributed by atoms with Crippen LogP contribution in [0.15, 0.2) is 24.3 Å². The second kappa shape index (κ2) is 18.7. The lowest BCUT2D eigenvalue weighted by atomic mass is 9.89. The number of nitrogens with zero attached hydrogens (tertiary/aromatic N) is 3. The normalized spacial score (nSPS) is 12.0. The van der Waals surface area contributed by atoms with Crippen molar-refractivity contribution in [2.24, 2.45) is 5.41 Å². The largest absolute Gasteiger partial charge is 0.389 e. The fraction of sp³-hybridized carbons (Fsp3) is 0.588. The SMILES string of the molecule is CCOCc1nc2c(NC(=O)CNC(=O)COCCOCCOCC(=O)NCCC(=O)C(C)(C)C)nc3ccccc3c2n1CC(C)(C)O. The van der Waals surface area contributed by atoms with Gasteiger partial charge in [0.05, 0.1) is 56.2 Å². The zero-order valence-electron chi connectivity index (χ0n) is 29.3. The Labute approximate surface area is 286 Å². The third-order valence-corrected chi connectivity index (χ3v) is 7.07. The Balaban J connectivity index is 1.40. The van der Waals surface area contributed by atoms with E-state index in [1.54, 1.807) is 13.8 Å². The first-order valence-corrected chi connectivity index (χ1v) is 16.4. The zero-order chi connectivity index (χ0) is 36.0. The molecule has 2 aromatic heterocycles. The van der Waals surface area contributed by atoms with E-state index in [0.29, 0.717) is 29.0 Å². The summed E-state index contributed by atoms with van der Waals surface area (Å²) < 4.78 is 23.5. The van der Waals surface area contributed by atoms with Crippen LogP contribution in [0.3, 0.4) is 0 Å². The third kappa shape index (κ3) is 13.1. The van der Waals surface area contributed by atoms with Crippen LogP contribution in [0.2, 0.25) is 0 Å². The van der Waals surface area contributed by atoms with Gasteiger partial charge in [-0.05, 0) is 26.8 Å². The van der Waals surface area contributed by atoms with E-state index >= 15 is 0 Å². The van der Waals surface area contributed by atoms with Crippen LogP contribution in [0.1, 0.15) is 53.8 Å². The molecule has 0 saturated heterocycles. The number of rotatable bonds is 21. The van der Waals surface area contributed by atoms with Gasteiger partial charge in [0.2, 0.25) is 17.7 Å². The number of carbonyl (C=O) groups is 4. The Morgan fingerprint density at radius 2 is 1.47 bits per heavy atom. The predicted octanol–water partition coefficient (Wildman–Crippen LogP) is 2.12. The Kier molecular flexibility index (Phi) is 15.0. The molecule has 0 aliphatic heterocycles. The summed E-state index contributed by atoms with van der Waals surface area (Å²) in [5, 5.41) is 19.4. The molecule has 270 valence electrons. The van der Waals surface area contributed by atoms with Gasteiger partial charge >= 0.3 is 0 Å². The number of anilines is 1. The van der Waals surface area contributed by atoms with Gasteiger partial charge in [0.1, 0.15) is 36.9 Å². The number of pyridine rings is 1. The number of hydrogen-bond acceptors (Lipinski definition) is 11. The van der Waals surface area contributed by atoms with E-state index < -0.39 is 22.8 Å². The first-order valence-electron chi connectivity index (χ1n) is 16.4. The minimum atomic E-state index is -1.05. The molecule has 0 aliphatic rings. The second-order valence-electron chi connectivity index (χ2n) is 13.1. The molecule has 2 heterocycles. The first kappa shape index (κ1) is 39.4. The van der Waals surface area contributed by atoms with Crippen LogP contribution in [0, 0.1) is 5.41 Å². The van der Waals surface area contributed by atoms with E-state index in [1.165, 1.54) is 0 Å². The molecular formula is C34H50N6O9. The molecule has 3 aromatic rings. The van der Waals surface area contributed by atoms with E-state index in [9.17, 15) is 24.3 Å². The van der Waals surface area contributed by atoms with Gasteiger partial charge in [-0.2, -0.15) is 0 Å². The number of Topliss-reactive ketones (excluding diaryl/α,β-unsaturated/α-hetero) is 1. The lowest BCUT2D eigenvalue weighted by Gasteiger charge is -2.20. The Morgan fingerprint density at radius 1 is 0.837 bits per heavy atom. The minimum Gasteiger partial charge on any atom is -0.389 e. The van der Waals surface area contributed by atoms with Gasteiger partial charge in [-0.25, -0.2) is 9.97 Å². The van der Waals surface area contributed by atoms with Crippen LogP contribution in [0.5, 0.6) is 0 Å². The number of nitrogens with one attached hydrogen (secondary N) is 3. The maximum Gasteiger partial charge on any atom is 0.246 e. The van der Waals surface area contributed by atoms with Gasteiger partial charge in [-0.15, -0.1) is 0 Å². The van der Waals surface area contributed by atoms with Crippen molar-refractivity contribution in [1.29, 1.82) is 0 Å². The van der Waals surface area contributed by atoms with Crippen molar-refractivity contribution in [2.75, 3.05) is 64.7 Å². The quantitative estimate of drug-likeness (QED) is 0.120. The van der Waals surface area contributed by atoms with Gasteiger partial charge in [-0.1, -0.05) is 39.0 Å². The van der Waals surface area contributed by atoms with E-state index in [0.717, 1.165) is 5.39 Å². The molecule has 3 amide bonds. The fourth-order valence-electron chi connectivity index (χ4n) is 4.65. The van der Waals surface area contributed by atoms with E-state index in [-0.39, 0.29) is 89.8 Å². The molecule has 15 nitrogen and oxygen atoms in total. The highest BCUT2D eigenvalue weighted by atomic mass is 16.5. The lowest BCUT2D eigenvalue weighted by molar-refractivity contribution is -0.128. The number of carbonyl (C=O) groups excluding carboxylic acids is 4. The van der Waals surface area contributed by atoms with Crippen LogP contribution in [0.4, 0.5) is 5.82 Å². The predicted molar refractivity (Wildman–Crippen MR) is 183 cm³/mol. The molecular weight excluding hydrogens is 636 g/mol. The fourth-order valence-corrected chi connectivity index (χ4v) is 4.65. The molecule has 0 radical (unpaired) electrons. The van der Waals surface area contributed by atoms with E-state index in [4.69, 9.17) is 23.9 Å². The molecule has 4 N–H and O–H groups in total. The molecule has 1 aromatic carbocycles. The number of benzene rings is 1. The summed E-state index contributed by atoms with van der Waals surface area (Å²) in [5.41, 5.74) is 0.289. The Morgan fingerprint density at radius 3 is 2.10 bits per heavy atom.